The van der Waals surface area contributed by atoms with Gasteiger partial charge in [0.05, 0.1) is 11.1 Å². The molecule has 1 radical (unpaired) electrons. The summed E-state index contributed by atoms with van der Waals surface area (Å²) in [6, 6.07) is 0. The molecule has 0 aromatic carbocycles. The van der Waals surface area contributed by atoms with Gasteiger partial charge in [0, 0.05) is 19.3 Å². The first-order valence-electron chi connectivity index (χ1n) is 2.92. The number of hydrogen-bond acceptors (Lipinski definition) is 0. The standard InChI is InChI=1S/C9H10/c1-7-4-8(2)6-9(3)5-7/h4-5H,1-3,6H2/q+1. The molecule has 0 bridgehead atoms. The van der Waals surface area contributed by atoms with Crippen LogP contribution in [0.1, 0.15) is 6.42 Å². The third kappa shape index (κ3) is 1.49. The number of rotatable bonds is 0. The van der Waals surface area contributed by atoms with Crippen molar-refractivity contribution in [3.05, 3.63) is 49.3 Å². The summed E-state index contributed by atoms with van der Waals surface area (Å²) in [5, 5.41) is 0. The second-order valence-corrected chi connectivity index (χ2v) is 2.36. The lowest BCUT2D eigenvalue weighted by Crippen LogP contribution is -1.99. The van der Waals surface area contributed by atoms with Gasteiger partial charge in [-0.1, -0.05) is 12.2 Å². The molecule has 0 spiro atoms. The Bertz CT molecular complexity index is 127. The fourth-order valence-electron chi connectivity index (χ4n) is 0.960. The first-order chi connectivity index (χ1) is 4.18. The van der Waals surface area contributed by atoms with Gasteiger partial charge < -0.3 is 0 Å². The quantitative estimate of drug-likeness (QED) is 0.428. The third-order valence-electron chi connectivity index (χ3n) is 1.23. The Morgan fingerprint density at radius 1 is 1.33 bits per heavy atom. The molecule has 9 heavy (non-hydrogen) atoms. The van der Waals surface area contributed by atoms with Crippen LogP contribution >= 0.6 is 0 Å². The Hall–Kier alpha value is -0.910. The average Bonchev–Trinajstić information content (AvgIpc) is 1.59. The van der Waals surface area contributed by atoms with Crippen molar-refractivity contribution in [2.75, 3.05) is 0 Å². The summed E-state index contributed by atoms with van der Waals surface area (Å²) in [7, 11) is 0. The molecule has 0 aromatic rings. The molecular weight excluding hydrogens is 108 g/mol. The van der Waals surface area contributed by atoms with Crippen LogP contribution in [0.4, 0.5) is 0 Å². The van der Waals surface area contributed by atoms with Gasteiger partial charge in [0.1, 0.15) is 0 Å². The lowest BCUT2D eigenvalue weighted by molar-refractivity contribution is 1.09. The molecular formula is C9H10+. The lowest BCUT2D eigenvalue weighted by Gasteiger charge is -2.10. The van der Waals surface area contributed by atoms with Crippen molar-refractivity contribution in [3.63, 3.8) is 0 Å². The van der Waals surface area contributed by atoms with E-state index in [1.54, 1.807) is 0 Å². The van der Waals surface area contributed by atoms with Crippen LogP contribution in [-0.4, -0.2) is 0 Å². The maximum atomic E-state index is 3.82. The van der Waals surface area contributed by atoms with Crippen LogP contribution in [0, 0.1) is 12.8 Å². The van der Waals surface area contributed by atoms with Crippen molar-refractivity contribution in [2.24, 2.45) is 0 Å². The Balaban J connectivity index is 2.64. The molecule has 1 rings (SSSR count). The molecule has 0 amide bonds. The molecule has 0 unspecified atom stereocenters. The average molecular weight is 118 g/mol. The SMILES string of the molecule is C=C1[CH]C(=C)CC(=C)[CH+]1. The van der Waals surface area contributed by atoms with E-state index in [9.17, 15) is 0 Å². The van der Waals surface area contributed by atoms with Gasteiger partial charge in [-0.05, 0) is 13.2 Å². The van der Waals surface area contributed by atoms with E-state index in [1.807, 2.05) is 12.8 Å². The molecule has 0 atom stereocenters. The topological polar surface area (TPSA) is 0 Å². The van der Waals surface area contributed by atoms with Gasteiger partial charge in [-0.2, -0.15) is 0 Å². The first-order valence-corrected chi connectivity index (χ1v) is 2.92. The normalized spacial score (nSPS) is 19.8. The van der Waals surface area contributed by atoms with Gasteiger partial charge in [0.15, 0.2) is 0 Å². The van der Waals surface area contributed by atoms with E-state index in [4.69, 9.17) is 0 Å². The molecule has 0 saturated heterocycles. The molecule has 0 N–H and O–H groups in total. The molecule has 1 saturated carbocycles. The predicted octanol–water partition coefficient (Wildman–Crippen LogP) is 2.47. The fraction of sp³-hybridized carbons (Fsp3) is 0.111. The molecule has 0 heterocycles. The zero-order chi connectivity index (χ0) is 6.85. The smallest absolute Gasteiger partial charge is 0.0610 e. The molecule has 0 nitrogen and oxygen atoms in total. The van der Waals surface area contributed by atoms with E-state index in [-0.39, 0.29) is 0 Å². The summed E-state index contributed by atoms with van der Waals surface area (Å²) in [5.41, 5.74) is 3.22. The van der Waals surface area contributed by atoms with Crippen molar-refractivity contribution >= 4 is 0 Å². The van der Waals surface area contributed by atoms with Gasteiger partial charge in [-0.15, -0.1) is 0 Å². The largest absolute Gasteiger partial charge is 0.0987 e. The zero-order valence-electron chi connectivity index (χ0n) is 5.48. The van der Waals surface area contributed by atoms with E-state index in [0.29, 0.717) is 0 Å². The molecule has 1 fully saturated rings. The highest BCUT2D eigenvalue weighted by atomic mass is 14.1. The number of allylic oxidation sites excluding steroid dienone is 3. The van der Waals surface area contributed by atoms with Crippen LogP contribution in [0.25, 0.3) is 0 Å². The van der Waals surface area contributed by atoms with Crippen molar-refractivity contribution < 1.29 is 0 Å². The van der Waals surface area contributed by atoms with Gasteiger partial charge in [-0.25, -0.2) is 0 Å². The van der Waals surface area contributed by atoms with Crippen LogP contribution in [0.2, 0.25) is 0 Å². The lowest BCUT2D eigenvalue weighted by atomic mass is 9.89. The maximum absolute atomic E-state index is 3.82. The summed E-state index contributed by atoms with van der Waals surface area (Å²) in [5.74, 6) is 0. The van der Waals surface area contributed by atoms with Gasteiger partial charge in [0.25, 0.3) is 0 Å². The highest BCUT2D eigenvalue weighted by Gasteiger charge is 2.15. The fourth-order valence-corrected chi connectivity index (χ4v) is 0.960. The Morgan fingerprint density at radius 3 is 2.44 bits per heavy atom. The molecule has 1 aliphatic carbocycles. The Kier molecular flexibility index (Phi) is 1.48. The summed E-state index contributed by atoms with van der Waals surface area (Å²) in [6.07, 6.45) is 4.86. The molecule has 45 valence electrons. The van der Waals surface area contributed by atoms with E-state index in [1.165, 1.54) is 0 Å². The first kappa shape index (κ1) is 6.21. The van der Waals surface area contributed by atoms with Crippen molar-refractivity contribution in [3.8, 4) is 0 Å². The molecule has 0 aliphatic heterocycles. The van der Waals surface area contributed by atoms with Crippen LogP contribution < -0.4 is 0 Å². The molecule has 1 aliphatic rings. The predicted molar refractivity (Wildman–Crippen MR) is 40.6 cm³/mol. The van der Waals surface area contributed by atoms with Crippen LogP contribution in [-0.2, 0) is 0 Å². The maximum Gasteiger partial charge on any atom is 0.0610 e. The third-order valence-corrected chi connectivity index (χ3v) is 1.23. The van der Waals surface area contributed by atoms with Crippen LogP contribution in [0.3, 0.4) is 0 Å². The van der Waals surface area contributed by atoms with Crippen molar-refractivity contribution in [1.82, 2.24) is 0 Å². The van der Waals surface area contributed by atoms with E-state index < -0.39 is 0 Å². The summed E-state index contributed by atoms with van der Waals surface area (Å²) < 4.78 is 0. The summed E-state index contributed by atoms with van der Waals surface area (Å²) in [4.78, 5) is 0. The molecule has 0 aromatic heterocycles. The Labute approximate surface area is 56.6 Å². The monoisotopic (exact) mass is 118 g/mol. The van der Waals surface area contributed by atoms with Gasteiger partial charge >= 0.3 is 0 Å². The van der Waals surface area contributed by atoms with E-state index in [0.717, 1.165) is 23.1 Å². The van der Waals surface area contributed by atoms with Gasteiger partial charge in [-0.3, -0.25) is 0 Å². The molecule has 0 heteroatoms. The zero-order valence-corrected chi connectivity index (χ0v) is 5.48. The second kappa shape index (κ2) is 2.14. The van der Waals surface area contributed by atoms with Gasteiger partial charge in [0.2, 0.25) is 0 Å². The number of hydrogen-bond donors (Lipinski definition) is 0. The summed E-state index contributed by atoms with van der Waals surface area (Å²) in [6.45, 7) is 11.4. The van der Waals surface area contributed by atoms with Crippen LogP contribution in [0.5, 0.6) is 0 Å². The van der Waals surface area contributed by atoms with Crippen LogP contribution in [0.15, 0.2) is 36.5 Å². The highest BCUT2D eigenvalue weighted by Crippen LogP contribution is 2.26. The summed E-state index contributed by atoms with van der Waals surface area (Å²) >= 11 is 0. The van der Waals surface area contributed by atoms with Crippen molar-refractivity contribution in [1.29, 1.82) is 0 Å². The van der Waals surface area contributed by atoms with E-state index in [2.05, 4.69) is 19.7 Å². The minimum absolute atomic E-state index is 0.902. The van der Waals surface area contributed by atoms with Crippen molar-refractivity contribution in [2.45, 2.75) is 6.42 Å². The Morgan fingerprint density at radius 2 is 2.00 bits per heavy atom. The van der Waals surface area contributed by atoms with E-state index >= 15 is 0 Å². The minimum atomic E-state index is 0.902. The minimum Gasteiger partial charge on any atom is -0.0987 e. The second-order valence-electron chi connectivity index (χ2n) is 2.36. The highest BCUT2D eigenvalue weighted by molar-refractivity contribution is 5.45.